The van der Waals surface area contributed by atoms with E-state index in [4.69, 9.17) is 0 Å². The lowest BCUT2D eigenvalue weighted by Gasteiger charge is -2.08. The van der Waals surface area contributed by atoms with Crippen molar-refractivity contribution in [3.63, 3.8) is 0 Å². The molecule has 0 saturated heterocycles. The zero-order chi connectivity index (χ0) is 14.5. The fourth-order valence-electron chi connectivity index (χ4n) is 1.93. The first-order valence-electron chi connectivity index (χ1n) is 6.35. The Morgan fingerprint density at radius 2 is 1.90 bits per heavy atom. The maximum atomic E-state index is 11.0. The highest BCUT2D eigenvalue weighted by Crippen LogP contribution is 2.24. The van der Waals surface area contributed by atoms with Crippen molar-refractivity contribution in [1.82, 2.24) is 0 Å². The molecule has 0 radical (unpaired) electrons. The molecule has 5 heteroatoms. The molecule has 4 nitrogen and oxygen atoms in total. The molecule has 0 aliphatic heterocycles. The molecule has 0 aromatic heterocycles. The number of aryl methyl sites for hydroxylation is 1. The summed E-state index contributed by atoms with van der Waals surface area (Å²) in [5.74, 6) is 0. The third-order valence-electron chi connectivity index (χ3n) is 3.08. The van der Waals surface area contributed by atoms with Crippen molar-refractivity contribution in [1.29, 1.82) is 0 Å². The monoisotopic (exact) mass is 334 g/mol. The minimum absolute atomic E-state index is 0.130. The van der Waals surface area contributed by atoms with Crippen molar-refractivity contribution in [3.8, 4) is 0 Å². The van der Waals surface area contributed by atoms with Gasteiger partial charge in [0.15, 0.2) is 0 Å². The van der Waals surface area contributed by atoms with E-state index in [2.05, 4.69) is 40.3 Å². The molecule has 2 aromatic carbocycles. The molecule has 0 atom stereocenters. The van der Waals surface area contributed by atoms with Crippen molar-refractivity contribution in [3.05, 3.63) is 68.2 Å². The topological polar surface area (TPSA) is 55.2 Å². The lowest BCUT2D eigenvalue weighted by molar-refractivity contribution is -0.385. The number of benzene rings is 2. The number of halogens is 1. The van der Waals surface area contributed by atoms with E-state index in [1.165, 1.54) is 11.6 Å². The first kappa shape index (κ1) is 14.5. The van der Waals surface area contributed by atoms with Gasteiger partial charge in [0.1, 0.15) is 0 Å². The van der Waals surface area contributed by atoms with Crippen molar-refractivity contribution >= 4 is 27.3 Å². The van der Waals surface area contributed by atoms with Gasteiger partial charge in [-0.3, -0.25) is 10.1 Å². The summed E-state index contributed by atoms with van der Waals surface area (Å²) in [5.41, 5.74) is 3.01. The molecular weight excluding hydrogens is 320 g/mol. The second kappa shape index (κ2) is 6.52. The van der Waals surface area contributed by atoms with E-state index in [1.54, 1.807) is 12.1 Å². The fraction of sp³-hybridized carbons (Fsp3) is 0.200. The van der Waals surface area contributed by atoms with Crippen LogP contribution in [0.5, 0.6) is 0 Å². The van der Waals surface area contributed by atoms with E-state index in [0.29, 0.717) is 12.1 Å². The smallest absolute Gasteiger partial charge is 0.274 e. The van der Waals surface area contributed by atoms with Gasteiger partial charge in [-0.05, 0) is 36.2 Å². The van der Waals surface area contributed by atoms with Crippen LogP contribution in [0.15, 0.2) is 46.9 Å². The second-order valence-electron chi connectivity index (χ2n) is 4.43. The van der Waals surface area contributed by atoms with Gasteiger partial charge in [0, 0.05) is 28.3 Å². The van der Waals surface area contributed by atoms with Crippen molar-refractivity contribution in [2.24, 2.45) is 0 Å². The number of nitrogens with zero attached hydrogens (tertiary/aromatic N) is 1. The number of hydrogen-bond acceptors (Lipinski definition) is 3. The standard InChI is InChI=1S/C15H15BrN2O2/c1-2-11-3-6-14(7-4-11)17-10-12-9-13(16)5-8-15(12)18(19)20/h3-9,17H,2,10H2,1H3. The normalized spacial score (nSPS) is 10.3. The number of nitro benzene ring substituents is 1. The summed E-state index contributed by atoms with van der Waals surface area (Å²) in [4.78, 5) is 10.6. The van der Waals surface area contributed by atoms with Crippen molar-refractivity contribution in [2.45, 2.75) is 19.9 Å². The van der Waals surface area contributed by atoms with Crippen LogP contribution in [-0.2, 0) is 13.0 Å². The summed E-state index contributed by atoms with van der Waals surface area (Å²) < 4.78 is 0.834. The molecule has 0 amide bonds. The Labute approximate surface area is 126 Å². The van der Waals surface area contributed by atoms with Gasteiger partial charge in [-0.1, -0.05) is 35.0 Å². The lowest BCUT2D eigenvalue weighted by atomic mass is 10.1. The Morgan fingerprint density at radius 3 is 2.50 bits per heavy atom. The Kier molecular flexibility index (Phi) is 4.74. The summed E-state index contributed by atoms with van der Waals surface area (Å²) in [5, 5.41) is 14.2. The number of nitro groups is 1. The van der Waals surface area contributed by atoms with Gasteiger partial charge in [-0.15, -0.1) is 0 Å². The number of nitrogens with one attached hydrogen (secondary N) is 1. The molecular formula is C15H15BrN2O2. The molecule has 0 unspecified atom stereocenters. The Hall–Kier alpha value is -1.88. The maximum absolute atomic E-state index is 11.0. The number of anilines is 1. The summed E-state index contributed by atoms with van der Waals surface area (Å²) in [6, 6.07) is 13.0. The first-order chi connectivity index (χ1) is 9.60. The van der Waals surface area contributed by atoms with E-state index in [0.717, 1.165) is 16.6 Å². The lowest BCUT2D eigenvalue weighted by Crippen LogP contribution is -2.03. The van der Waals surface area contributed by atoms with Crippen LogP contribution >= 0.6 is 15.9 Å². The van der Waals surface area contributed by atoms with Crippen LogP contribution in [0.3, 0.4) is 0 Å². The third kappa shape index (κ3) is 3.57. The van der Waals surface area contributed by atoms with Gasteiger partial charge in [0.25, 0.3) is 5.69 Å². The highest BCUT2D eigenvalue weighted by atomic mass is 79.9. The summed E-state index contributed by atoms with van der Waals surface area (Å²) >= 11 is 3.34. The Bertz CT molecular complexity index is 612. The molecule has 104 valence electrons. The molecule has 0 bridgehead atoms. The highest BCUT2D eigenvalue weighted by molar-refractivity contribution is 9.10. The average molecular weight is 335 g/mol. The predicted molar refractivity (Wildman–Crippen MR) is 83.9 cm³/mol. The molecule has 2 aromatic rings. The zero-order valence-corrected chi connectivity index (χ0v) is 12.7. The Morgan fingerprint density at radius 1 is 1.20 bits per heavy atom. The molecule has 0 spiro atoms. The summed E-state index contributed by atoms with van der Waals surface area (Å²) in [7, 11) is 0. The van der Waals surface area contributed by atoms with Crippen LogP contribution < -0.4 is 5.32 Å². The van der Waals surface area contributed by atoms with Crippen LogP contribution in [0.2, 0.25) is 0 Å². The quantitative estimate of drug-likeness (QED) is 0.645. The van der Waals surface area contributed by atoms with Crippen LogP contribution in [0.1, 0.15) is 18.1 Å². The van der Waals surface area contributed by atoms with Gasteiger partial charge < -0.3 is 5.32 Å². The van der Waals surface area contributed by atoms with Crippen molar-refractivity contribution < 1.29 is 4.92 Å². The molecule has 0 saturated carbocycles. The predicted octanol–water partition coefficient (Wildman–Crippen LogP) is 4.53. The largest absolute Gasteiger partial charge is 0.381 e. The molecule has 0 fully saturated rings. The molecule has 2 rings (SSSR count). The van der Waals surface area contributed by atoms with E-state index in [-0.39, 0.29) is 10.6 Å². The third-order valence-corrected chi connectivity index (χ3v) is 3.58. The van der Waals surface area contributed by atoms with Crippen LogP contribution in [0, 0.1) is 10.1 Å². The van der Waals surface area contributed by atoms with Crippen LogP contribution in [-0.4, -0.2) is 4.92 Å². The molecule has 0 aliphatic rings. The molecule has 1 N–H and O–H groups in total. The number of rotatable bonds is 5. The second-order valence-corrected chi connectivity index (χ2v) is 5.35. The summed E-state index contributed by atoms with van der Waals surface area (Å²) in [6.07, 6.45) is 0.997. The average Bonchev–Trinajstić information content (AvgIpc) is 2.45. The minimum atomic E-state index is -0.358. The van der Waals surface area contributed by atoms with E-state index >= 15 is 0 Å². The Balaban J connectivity index is 2.13. The van der Waals surface area contributed by atoms with Crippen LogP contribution in [0.25, 0.3) is 0 Å². The van der Waals surface area contributed by atoms with Gasteiger partial charge >= 0.3 is 0 Å². The van der Waals surface area contributed by atoms with E-state index < -0.39 is 0 Å². The molecule has 0 aliphatic carbocycles. The van der Waals surface area contributed by atoms with Gasteiger partial charge in [0.05, 0.1) is 4.92 Å². The van der Waals surface area contributed by atoms with Crippen molar-refractivity contribution in [2.75, 3.05) is 5.32 Å². The molecule has 0 heterocycles. The highest BCUT2D eigenvalue weighted by Gasteiger charge is 2.13. The fourth-order valence-corrected chi connectivity index (χ4v) is 2.34. The van der Waals surface area contributed by atoms with Crippen LogP contribution in [0.4, 0.5) is 11.4 Å². The maximum Gasteiger partial charge on any atom is 0.274 e. The SMILES string of the molecule is CCc1ccc(NCc2cc(Br)ccc2[N+](=O)[O-])cc1. The van der Waals surface area contributed by atoms with E-state index in [9.17, 15) is 10.1 Å². The zero-order valence-electron chi connectivity index (χ0n) is 11.1. The van der Waals surface area contributed by atoms with E-state index in [1.807, 2.05) is 12.1 Å². The minimum Gasteiger partial charge on any atom is -0.381 e. The van der Waals surface area contributed by atoms with Gasteiger partial charge in [-0.2, -0.15) is 0 Å². The van der Waals surface area contributed by atoms with Gasteiger partial charge in [-0.25, -0.2) is 0 Å². The van der Waals surface area contributed by atoms with Gasteiger partial charge in [0.2, 0.25) is 0 Å². The number of hydrogen-bond donors (Lipinski definition) is 1. The molecule has 20 heavy (non-hydrogen) atoms. The first-order valence-corrected chi connectivity index (χ1v) is 7.15. The summed E-state index contributed by atoms with van der Waals surface area (Å²) in [6.45, 7) is 2.52.